The van der Waals surface area contributed by atoms with Crippen molar-refractivity contribution in [3.63, 3.8) is 0 Å². The van der Waals surface area contributed by atoms with Gasteiger partial charge in [-0.2, -0.15) is 0 Å². The summed E-state index contributed by atoms with van der Waals surface area (Å²) in [6, 6.07) is 0. The molecule has 2 atom stereocenters. The zero-order valence-electron chi connectivity index (χ0n) is 4.73. The molecule has 1 rings (SSSR count). The molecule has 1 amide bonds. The monoisotopic (exact) mass is 151 g/mol. The lowest BCUT2D eigenvalue weighted by atomic mass is 10.3. The Labute approximate surface area is 57.2 Å². The highest BCUT2D eigenvalue weighted by Gasteiger charge is 2.54. The van der Waals surface area contributed by atoms with Gasteiger partial charge in [0.25, 0.3) is 0 Å². The number of alkyl halides is 2. The molecule has 9 heavy (non-hydrogen) atoms. The average Bonchev–Trinajstić information content (AvgIpc) is 2.10. The maximum atomic E-state index is 12.4. The van der Waals surface area contributed by atoms with E-state index in [1.165, 1.54) is 0 Å². The minimum Gasteiger partial charge on any atom is -0.370 e. The van der Waals surface area contributed by atoms with Gasteiger partial charge in [0.05, 0.1) is 0 Å². The summed E-state index contributed by atoms with van der Waals surface area (Å²) in [5.41, 5.74) is 4.79. The lowest BCUT2D eigenvalue weighted by Gasteiger charge is -1.92. The van der Waals surface area contributed by atoms with Crippen LogP contribution in [0.5, 0.6) is 0 Å². The predicted octanol–water partition coefficient (Wildman–Crippen LogP) is 0.786. The van der Waals surface area contributed by atoms with Gasteiger partial charge in [-0.1, -0.05) is 11.6 Å². The van der Waals surface area contributed by atoms with Crippen LogP contribution in [0, 0.1) is 5.92 Å². The third-order valence-corrected chi connectivity index (χ3v) is 1.87. The van der Waals surface area contributed by atoms with Crippen LogP contribution in [0.3, 0.4) is 0 Å². The van der Waals surface area contributed by atoms with Gasteiger partial charge in [0.15, 0.2) is 5.13 Å². The molecular formula is C5H7ClFNO. The maximum absolute atomic E-state index is 12.4. The number of hydrogen-bond donors (Lipinski definition) is 1. The SMILES string of the molecule is NC(=O)CC1CC1(F)Cl. The van der Waals surface area contributed by atoms with Crippen molar-refractivity contribution in [3.8, 4) is 0 Å². The number of nitrogens with two attached hydrogens (primary N) is 1. The van der Waals surface area contributed by atoms with Gasteiger partial charge >= 0.3 is 0 Å². The minimum atomic E-state index is -1.63. The Hall–Kier alpha value is -0.310. The molecule has 0 aromatic carbocycles. The predicted molar refractivity (Wildman–Crippen MR) is 31.6 cm³/mol. The molecule has 52 valence electrons. The van der Waals surface area contributed by atoms with E-state index in [-0.39, 0.29) is 18.8 Å². The number of halogens is 2. The van der Waals surface area contributed by atoms with Crippen LogP contribution < -0.4 is 5.73 Å². The highest BCUT2D eigenvalue weighted by atomic mass is 35.5. The highest BCUT2D eigenvalue weighted by molar-refractivity contribution is 6.25. The summed E-state index contributed by atoms with van der Waals surface area (Å²) in [5.74, 6) is -0.822. The second-order valence-corrected chi connectivity index (χ2v) is 2.96. The van der Waals surface area contributed by atoms with Crippen molar-refractivity contribution < 1.29 is 9.18 Å². The summed E-state index contributed by atoms with van der Waals surface area (Å²) in [7, 11) is 0. The zero-order chi connectivity index (χ0) is 7.07. The van der Waals surface area contributed by atoms with Crippen molar-refractivity contribution in [2.45, 2.75) is 18.0 Å². The van der Waals surface area contributed by atoms with E-state index in [0.717, 1.165) is 0 Å². The van der Waals surface area contributed by atoms with Crippen LogP contribution in [0.4, 0.5) is 4.39 Å². The third-order valence-electron chi connectivity index (χ3n) is 1.40. The molecule has 4 heteroatoms. The van der Waals surface area contributed by atoms with Gasteiger partial charge in [-0.15, -0.1) is 0 Å². The topological polar surface area (TPSA) is 43.1 Å². The van der Waals surface area contributed by atoms with Crippen LogP contribution in [-0.2, 0) is 4.79 Å². The summed E-state index contributed by atoms with van der Waals surface area (Å²) < 4.78 is 12.4. The third kappa shape index (κ3) is 1.55. The number of carbonyl (C=O) groups excluding carboxylic acids is 1. The normalized spacial score (nSPS) is 40.4. The molecular weight excluding hydrogens is 145 g/mol. The summed E-state index contributed by atoms with van der Waals surface area (Å²) in [5, 5.41) is -1.63. The number of rotatable bonds is 2. The van der Waals surface area contributed by atoms with Crippen molar-refractivity contribution in [2.75, 3.05) is 0 Å². The van der Waals surface area contributed by atoms with Gasteiger partial charge in [-0.05, 0) is 0 Å². The lowest BCUT2D eigenvalue weighted by molar-refractivity contribution is -0.118. The Morgan fingerprint density at radius 1 is 2.00 bits per heavy atom. The number of amides is 1. The fraction of sp³-hybridized carbons (Fsp3) is 0.800. The van der Waals surface area contributed by atoms with E-state index < -0.39 is 11.0 Å². The molecule has 0 aromatic heterocycles. The van der Waals surface area contributed by atoms with Gasteiger partial charge in [0.2, 0.25) is 5.91 Å². The molecule has 2 nitrogen and oxygen atoms in total. The Balaban J connectivity index is 2.28. The molecule has 0 aromatic rings. The fourth-order valence-electron chi connectivity index (χ4n) is 0.734. The first kappa shape index (κ1) is 6.81. The van der Waals surface area contributed by atoms with Crippen LogP contribution in [0.1, 0.15) is 12.8 Å². The molecule has 1 aliphatic rings. The lowest BCUT2D eigenvalue weighted by Crippen LogP contribution is -2.12. The van der Waals surface area contributed by atoms with E-state index >= 15 is 0 Å². The summed E-state index contributed by atoms with van der Waals surface area (Å²) >= 11 is 5.18. The first-order chi connectivity index (χ1) is 4.02. The number of carbonyl (C=O) groups is 1. The van der Waals surface area contributed by atoms with Gasteiger partial charge in [-0.25, -0.2) is 4.39 Å². The average molecular weight is 152 g/mol. The Kier molecular flexibility index (Phi) is 1.39. The molecule has 1 saturated carbocycles. The summed E-state index contributed by atoms with van der Waals surface area (Å²) in [6.45, 7) is 0. The highest BCUT2D eigenvalue weighted by Crippen LogP contribution is 2.52. The standard InChI is InChI=1S/C5H7ClFNO/c6-5(7)2-3(5)1-4(8)9/h3H,1-2H2,(H2,8,9). The number of primary amides is 1. The summed E-state index contributed by atoms with van der Waals surface area (Å²) in [4.78, 5) is 10.1. The van der Waals surface area contributed by atoms with Gasteiger partial charge in [0, 0.05) is 18.8 Å². The minimum absolute atomic E-state index is 0.0694. The van der Waals surface area contributed by atoms with E-state index in [1.807, 2.05) is 0 Å². The Morgan fingerprint density at radius 2 is 2.44 bits per heavy atom. The van der Waals surface area contributed by atoms with Crippen LogP contribution >= 0.6 is 11.6 Å². The maximum Gasteiger partial charge on any atom is 0.217 e. The molecule has 0 aliphatic heterocycles. The van der Waals surface area contributed by atoms with E-state index in [2.05, 4.69) is 0 Å². The van der Waals surface area contributed by atoms with Crippen molar-refractivity contribution >= 4 is 17.5 Å². The van der Waals surface area contributed by atoms with Crippen molar-refractivity contribution in [2.24, 2.45) is 11.7 Å². The second kappa shape index (κ2) is 1.84. The van der Waals surface area contributed by atoms with Gasteiger partial charge in [-0.3, -0.25) is 4.79 Å². The van der Waals surface area contributed by atoms with Crippen molar-refractivity contribution in [1.82, 2.24) is 0 Å². The first-order valence-electron chi connectivity index (χ1n) is 2.68. The fourth-order valence-corrected chi connectivity index (χ4v) is 0.997. The van der Waals surface area contributed by atoms with E-state index in [1.54, 1.807) is 0 Å². The van der Waals surface area contributed by atoms with E-state index in [9.17, 15) is 9.18 Å². The largest absolute Gasteiger partial charge is 0.370 e. The van der Waals surface area contributed by atoms with E-state index in [4.69, 9.17) is 17.3 Å². The molecule has 1 fully saturated rings. The molecule has 1 aliphatic carbocycles. The summed E-state index contributed by atoms with van der Waals surface area (Å²) in [6.07, 6.45) is 0.331. The van der Waals surface area contributed by atoms with Gasteiger partial charge < -0.3 is 5.73 Å². The van der Waals surface area contributed by atoms with Gasteiger partial charge in [0.1, 0.15) is 0 Å². The molecule has 0 bridgehead atoms. The Morgan fingerprint density at radius 3 is 2.56 bits per heavy atom. The Bertz CT molecular complexity index is 148. The quantitative estimate of drug-likeness (QED) is 0.583. The molecule has 0 heterocycles. The number of hydrogen-bond acceptors (Lipinski definition) is 1. The molecule has 0 radical (unpaired) electrons. The molecule has 0 spiro atoms. The van der Waals surface area contributed by atoms with Crippen molar-refractivity contribution in [3.05, 3.63) is 0 Å². The smallest absolute Gasteiger partial charge is 0.217 e. The second-order valence-electron chi connectivity index (χ2n) is 2.33. The van der Waals surface area contributed by atoms with Crippen LogP contribution in [0.25, 0.3) is 0 Å². The van der Waals surface area contributed by atoms with Crippen LogP contribution in [0.15, 0.2) is 0 Å². The van der Waals surface area contributed by atoms with E-state index in [0.29, 0.717) is 0 Å². The molecule has 0 saturated heterocycles. The van der Waals surface area contributed by atoms with Crippen LogP contribution in [0.2, 0.25) is 0 Å². The van der Waals surface area contributed by atoms with Crippen molar-refractivity contribution in [1.29, 1.82) is 0 Å². The first-order valence-corrected chi connectivity index (χ1v) is 3.06. The molecule has 2 unspecified atom stereocenters. The molecule has 2 N–H and O–H groups in total. The van der Waals surface area contributed by atoms with Crippen LogP contribution in [-0.4, -0.2) is 11.0 Å². The zero-order valence-corrected chi connectivity index (χ0v) is 5.49.